The molecule has 0 heterocycles. The molecule has 0 spiro atoms. The summed E-state index contributed by atoms with van der Waals surface area (Å²) in [5.74, 6) is 2.27. The Hall–Kier alpha value is -0.240. The topological polar surface area (TPSA) is 17.1 Å². The van der Waals surface area contributed by atoms with Crippen LogP contribution >= 0.6 is 11.8 Å². The molecule has 1 nitrogen and oxygen atoms in total. The van der Waals surface area contributed by atoms with Gasteiger partial charge in [-0.2, -0.15) is 11.8 Å². The molecular formula is C26H48OS. The fourth-order valence-corrected chi connectivity index (χ4v) is 6.01. The first-order valence-electron chi connectivity index (χ1n) is 12.3. The van der Waals surface area contributed by atoms with Crippen LogP contribution in [0.2, 0.25) is 0 Å². The zero-order chi connectivity index (χ0) is 20.8. The second-order valence-electron chi connectivity index (χ2n) is 9.33. The van der Waals surface area contributed by atoms with Crippen molar-refractivity contribution < 1.29 is 4.79 Å². The smallest absolute Gasteiger partial charge is 0.150 e. The molecule has 1 aliphatic carbocycles. The molecule has 0 bridgehead atoms. The second-order valence-corrected chi connectivity index (χ2v) is 10.6. The van der Waals surface area contributed by atoms with Gasteiger partial charge in [-0.05, 0) is 42.8 Å². The fourth-order valence-electron chi connectivity index (χ4n) is 4.81. The minimum absolute atomic E-state index is 0.149. The summed E-state index contributed by atoms with van der Waals surface area (Å²) in [6.45, 7) is 11.3. The lowest BCUT2D eigenvalue weighted by atomic mass is 9.62. The Balaban J connectivity index is 2.27. The molecule has 0 N–H and O–H groups in total. The van der Waals surface area contributed by atoms with E-state index in [0.29, 0.717) is 11.7 Å². The molecule has 28 heavy (non-hydrogen) atoms. The van der Waals surface area contributed by atoms with Gasteiger partial charge in [-0.25, -0.2) is 0 Å². The number of hydrogen-bond acceptors (Lipinski definition) is 2. The molecule has 0 saturated heterocycles. The van der Waals surface area contributed by atoms with Crippen molar-refractivity contribution in [2.75, 3.05) is 5.75 Å². The van der Waals surface area contributed by atoms with Gasteiger partial charge in [-0.15, -0.1) is 0 Å². The summed E-state index contributed by atoms with van der Waals surface area (Å²) < 4.78 is 0. The average Bonchev–Trinajstić information content (AvgIpc) is 2.68. The molecule has 0 aromatic rings. The predicted molar refractivity (Wildman–Crippen MR) is 128 cm³/mol. The van der Waals surface area contributed by atoms with Crippen LogP contribution in [0.4, 0.5) is 0 Å². The van der Waals surface area contributed by atoms with Crippen LogP contribution in [-0.4, -0.2) is 16.8 Å². The van der Waals surface area contributed by atoms with Crippen molar-refractivity contribution in [2.45, 2.75) is 123 Å². The zero-order valence-corrected chi connectivity index (χ0v) is 20.4. The number of carbonyl (C=O) groups excluding carboxylic acids is 1. The summed E-state index contributed by atoms with van der Waals surface area (Å²) in [5, 5.41) is 0.198. The molecule has 164 valence electrons. The Morgan fingerprint density at radius 2 is 1.57 bits per heavy atom. The lowest BCUT2D eigenvalue weighted by molar-refractivity contribution is -0.128. The van der Waals surface area contributed by atoms with Crippen molar-refractivity contribution >= 4 is 17.5 Å². The molecule has 2 heteroatoms. The normalized spacial score (nSPS) is 25.8. The van der Waals surface area contributed by atoms with E-state index >= 15 is 0 Å². The van der Waals surface area contributed by atoms with E-state index in [0.717, 1.165) is 25.0 Å². The highest BCUT2D eigenvalue weighted by molar-refractivity contribution is 8.00. The fraction of sp³-hybridized carbons (Fsp3) is 0.885. The van der Waals surface area contributed by atoms with Gasteiger partial charge >= 0.3 is 0 Å². The van der Waals surface area contributed by atoms with E-state index in [1.165, 1.54) is 64.2 Å². The number of ketones is 1. The van der Waals surface area contributed by atoms with E-state index in [9.17, 15) is 4.79 Å². The van der Waals surface area contributed by atoms with Crippen molar-refractivity contribution in [3.8, 4) is 0 Å². The molecule has 0 aromatic heterocycles. The van der Waals surface area contributed by atoms with E-state index < -0.39 is 0 Å². The highest BCUT2D eigenvalue weighted by Gasteiger charge is 2.43. The van der Waals surface area contributed by atoms with E-state index in [1.54, 1.807) is 0 Å². The summed E-state index contributed by atoms with van der Waals surface area (Å²) in [6.07, 6.45) is 21.5. The van der Waals surface area contributed by atoms with Crippen LogP contribution in [0.3, 0.4) is 0 Å². The third kappa shape index (κ3) is 8.64. The maximum absolute atomic E-state index is 13.4. The molecular weight excluding hydrogens is 360 g/mol. The summed E-state index contributed by atoms with van der Waals surface area (Å²) >= 11 is 1.94. The van der Waals surface area contributed by atoms with Gasteiger partial charge in [0, 0.05) is 5.92 Å². The molecule has 0 aromatic carbocycles. The number of carbonyl (C=O) groups is 1. The minimum Gasteiger partial charge on any atom is -0.298 e. The van der Waals surface area contributed by atoms with Gasteiger partial charge in [0.15, 0.2) is 0 Å². The van der Waals surface area contributed by atoms with Crippen molar-refractivity contribution in [3.05, 3.63) is 12.2 Å². The largest absolute Gasteiger partial charge is 0.298 e. The molecule has 0 fully saturated rings. The molecule has 0 amide bonds. The number of rotatable bonds is 16. The van der Waals surface area contributed by atoms with E-state index in [4.69, 9.17) is 0 Å². The number of allylic oxidation sites excluding steroid dienone is 2. The van der Waals surface area contributed by atoms with Crippen molar-refractivity contribution in [1.82, 2.24) is 0 Å². The van der Waals surface area contributed by atoms with Gasteiger partial charge in [-0.1, -0.05) is 105 Å². The highest BCUT2D eigenvalue weighted by Crippen LogP contribution is 2.45. The van der Waals surface area contributed by atoms with Crippen LogP contribution in [-0.2, 0) is 4.79 Å². The Morgan fingerprint density at radius 3 is 2.11 bits per heavy atom. The van der Waals surface area contributed by atoms with E-state index in [2.05, 4.69) is 46.8 Å². The molecule has 0 aliphatic heterocycles. The zero-order valence-electron chi connectivity index (χ0n) is 19.6. The Morgan fingerprint density at radius 1 is 1.00 bits per heavy atom. The molecule has 4 atom stereocenters. The first-order valence-corrected chi connectivity index (χ1v) is 13.4. The van der Waals surface area contributed by atoms with Crippen LogP contribution in [0.5, 0.6) is 0 Å². The predicted octanol–water partition coefficient (Wildman–Crippen LogP) is 8.62. The van der Waals surface area contributed by atoms with Crippen LogP contribution in [0.1, 0.15) is 118 Å². The number of thioether (sulfide) groups is 1. The molecule has 1 rings (SSSR count). The highest BCUT2D eigenvalue weighted by atomic mass is 32.2. The monoisotopic (exact) mass is 408 g/mol. The molecule has 0 saturated carbocycles. The summed E-state index contributed by atoms with van der Waals surface area (Å²) in [5.41, 5.74) is 0.149. The third-order valence-electron chi connectivity index (χ3n) is 6.92. The standard InChI is InChI=1S/C26H48OS/c1-6-9-10-11-12-13-14-15-16-17-21-28-23(7-2)25(27)24-22(4)19-18-20-26(24,5)8-3/h18-19,22-24H,6-17,20-21H2,1-5H3. The average molecular weight is 409 g/mol. The van der Waals surface area contributed by atoms with Crippen molar-refractivity contribution in [2.24, 2.45) is 17.3 Å². The summed E-state index contributed by atoms with van der Waals surface area (Å²) in [7, 11) is 0. The Bertz CT molecular complexity index is 444. The van der Waals surface area contributed by atoms with Gasteiger partial charge in [0.2, 0.25) is 0 Å². The molecule has 4 unspecified atom stereocenters. The van der Waals surface area contributed by atoms with Crippen molar-refractivity contribution in [1.29, 1.82) is 0 Å². The SMILES string of the molecule is CCCCCCCCCCCCSC(CC)C(=O)C1C(C)C=CCC1(C)CC. The number of Topliss-reactive ketones (excluding diaryl/α,β-unsaturated/α-hetero) is 1. The van der Waals surface area contributed by atoms with E-state index in [1.807, 2.05) is 11.8 Å². The van der Waals surface area contributed by atoms with E-state index in [-0.39, 0.29) is 16.6 Å². The lowest BCUT2D eigenvalue weighted by Crippen LogP contribution is -2.42. The van der Waals surface area contributed by atoms with Gasteiger partial charge in [-0.3, -0.25) is 4.79 Å². The van der Waals surface area contributed by atoms with Gasteiger partial charge < -0.3 is 0 Å². The first kappa shape index (κ1) is 25.8. The van der Waals surface area contributed by atoms with Crippen LogP contribution < -0.4 is 0 Å². The number of unbranched alkanes of at least 4 members (excludes halogenated alkanes) is 9. The van der Waals surface area contributed by atoms with Crippen LogP contribution in [0, 0.1) is 17.3 Å². The van der Waals surface area contributed by atoms with Gasteiger partial charge in [0.05, 0.1) is 5.25 Å². The third-order valence-corrected chi connectivity index (χ3v) is 8.41. The van der Waals surface area contributed by atoms with Gasteiger partial charge in [0.1, 0.15) is 5.78 Å². The second kappa shape index (κ2) is 14.7. The van der Waals surface area contributed by atoms with Crippen LogP contribution in [0.25, 0.3) is 0 Å². The Kier molecular flexibility index (Phi) is 13.5. The van der Waals surface area contributed by atoms with Crippen LogP contribution in [0.15, 0.2) is 12.2 Å². The van der Waals surface area contributed by atoms with Crippen molar-refractivity contribution in [3.63, 3.8) is 0 Å². The lowest BCUT2D eigenvalue weighted by Gasteiger charge is -2.42. The maximum atomic E-state index is 13.4. The Labute approximate surface area is 180 Å². The van der Waals surface area contributed by atoms with Gasteiger partial charge in [0.25, 0.3) is 0 Å². The number of hydrogen-bond donors (Lipinski definition) is 0. The summed E-state index contributed by atoms with van der Waals surface area (Å²) in [4.78, 5) is 13.4. The first-order chi connectivity index (χ1) is 13.5. The molecule has 1 aliphatic rings. The maximum Gasteiger partial charge on any atom is 0.150 e. The molecule has 0 radical (unpaired) electrons. The minimum atomic E-state index is 0.149. The summed E-state index contributed by atoms with van der Waals surface area (Å²) in [6, 6.07) is 0. The quantitative estimate of drug-likeness (QED) is 0.188.